The van der Waals surface area contributed by atoms with Gasteiger partial charge in [-0.25, -0.2) is 4.98 Å². The molecule has 1 heterocycles. The van der Waals surface area contributed by atoms with Crippen LogP contribution in [0.5, 0.6) is 0 Å². The lowest BCUT2D eigenvalue weighted by molar-refractivity contribution is -0.141. The fourth-order valence-corrected chi connectivity index (χ4v) is 1.71. The Kier molecular flexibility index (Phi) is 4.85. The highest BCUT2D eigenvalue weighted by molar-refractivity contribution is 5.57. The van der Waals surface area contributed by atoms with Crippen molar-refractivity contribution in [3.8, 4) is 0 Å². The van der Waals surface area contributed by atoms with Crippen LogP contribution in [0.3, 0.4) is 0 Å². The fraction of sp³-hybridized carbons (Fsp3) is 0.333. The first-order valence-corrected chi connectivity index (χ1v) is 6.93. The third kappa shape index (κ3) is 4.34. The van der Waals surface area contributed by atoms with Crippen molar-refractivity contribution in [3.63, 3.8) is 0 Å². The molecular weight excluding hydrogens is 293 g/mol. The molecule has 0 spiro atoms. The van der Waals surface area contributed by atoms with Crippen LogP contribution in [0.4, 0.5) is 30.6 Å². The first-order valence-electron chi connectivity index (χ1n) is 6.93. The van der Waals surface area contributed by atoms with Crippen LogP contribution in [-0.4, -0.2) is 16.0 Å². The highest BCUT2D eigenvalue weighted by Crippen LogP contribution is 2.30. The molecule has 1 aromatic heterocycles. The third-order valence-corrected chi connectivity index (χ3v) is 3.05. The van der Waals surface area contributed by atoms with Gasteiger partial charge in [0.05, 0.1) is 0 Å². The summed E-state index contributed by atoms with van der Waals surface area (Å²) in [4.78, 5) is 7.64. The van der Waals surface area contributed by atoms with E-state index in [1.165, 1.54) is 0 Å². The van der Waals surface area contributed by atoms with Gasteiger partial charge in [0.2, 0.25) is 5.95 Å². The van der Waals surface area contributed by atoms with Gasteiger partial charge in [0, 0.05) is 17.8 Å². The molecule has 0 saturated carbocycles. The average Bonchev–Trinajstić information content (AvgIpc) is 2.47. The van der Waals surface area contributed by atoms with E-state index in [1.807, 2.05) is 19.9 Å². The lowest BCUT2D eigenvalue weighted by Crippen LogP contribution is -2.18. The van der Waals surface area contributed by atoms with E-state index in [0.29, 0.717) is 5.69 Å². The second-order valence-electron chi connectivity index (χ2n) is 4.90. The molecule has 2 N–H and O–H groups in total. The Hall–Kier alpha value is -2.31. The van der Waals surface area contributed by atoms with Crippen molar-refractivity contribution in [2.75, 3.05) is 10.6 Å². The monoisotopic (exact) mass is 310 g/mol. The number of nitrogens with zero attached hydrogens (tertiary/aromatic N) is 2. The summed E-state index contributed by atoms with van der Waals surface area (Å²) in [6.45, 7) is 3.78. The Morgan fingerprint density at radius 1 is 1.14 bits per heavy atom. The van der Waals surface area contributed by atoms with E-state index in [1.54, 1.807) is 24.3 Å². The highest BCUT2D eigenvalue weighted by atomic mass is 19.4. The zero-order valence-corrected chi connectivity index (χ0v) is 12.3. The number of anilines is 3. The van der Waals surface area contributed by atoms with E-state index in [2.05, 4.69) is 20.6 Å². The van der Waals surface area contributed by atoms with E-state index in [9.17, 15) is 13.2 Å². The number of benzene rings is 1. The fourth-order valence-electron chi connectivity index (χ4n) is 1.71. The summed E-state index contributed by atoms with van der Waals surface area (Å²) in [5.41, 5.74) is -0.324. The quantitative estimate of drug-likeness (QED) is 0.856. The van der Waals surface area contributed by atoms with E-state index in [-0.39, 0.29) is 17.8 Å². The van der Waals surface area contributed by atoms with Gasteiger partial charge in [-0.2, -0.15) is 18.2 Å². The predicted molar refractivity (Wildman–Crippen MR) is 80.1 cm³/mol. The standard InChI is InChI=1S/C15H17F3N4/c1-3-10(2)19-14-21-12(15(16,17)18)9-13(22-14)20-11-7-5-4-6-8-11/h4-10H,3H2,1-2H3,(H2,19,20,21,22)/t10-/m1/s1. The molecule has 118 valence electrons. The minimum absolute atomic E-state index is 0.0203. The van der Waals surface area contributed by atoms with Gasteiger partial charge < -0.3 is 10.6 Å². The summed E-state index contributed by atoms with van der Waals surface area (Å²) in [6, 6.07) is 9.76. The zero-order valence-electron chi connectivity index (χ0n) is 12.3. The molecule has 7 heteroatoms. The summed E-state index contributed by atoms with van der Waals surface area (Å²) >= 11 is 0. The summed E-state index contributed by atoms with van der Waals surface area (Å²) < 4.78 is 38.9. The SMILES string of the molecule is CC[C@@H](C)Nc1nc(Nc2ccccc2)cc(C(F)(F)F)n1. The number of halogens is 3. The van der Waals surface area contributed by atoms with Gasteiger partial charge in [-0.05, 0) is 25.5 Å². The normalized spacial score (nSPS) is 12.8. The molecule has 1 aromatic carbocycles. The average molecular weight is 310 g/mol. The minimum atomic E-state index is -4.53. The zero-order chi connectivity index (χ0) is 16.2. The van der Waals surface area contributed by atoms with Gasteiger partial charge in [0.25, 0.3) is 0 Å². The molecular formula is C15H17F3N4. The third-order valence-electron chi connectivity index (χ3n) is 3.05. The molecule has 0 saturated heterocycles. The molecule has 0 bridgehead atoms. The van der Waals surface area contributed by atoms with Crippen LogP contribution in [-0.2, 0) is 6.18 Å². The van der Waals surface area contributed by atoms with Crippen molar-refractivity contribution in [1.29, 1.82) is 0 Å². The van der Waals surface area contributed by atoms with Crippen LogP contribution in [0.1, 0.15) is 26.0 Å². The molecule has 2 aromatic rings. The van der Waals surface area contributed by atoms with Crippen LogP contribution in [0.25, 0.3) is 0 Å². The van der Waals surface area contributed by atoms with Crippen molar-refractivity contribution < 1.29 is 13.2 Å². The molecule has 2 rings (SSSR count). The Morgan fingerprint density at radius 3 is 2.41 bits per heavy atom. The van der Waals surface area contributed by atoms with Gasteiger partial charge in [0.15, 0.2) is 5.69 Å². The largest absolute Gasteiger partial charge is 0.433 e. The Morgan fingerprint density at radius 2 is 1.82 bits per heavy atom. The van der Waals surface area contributed by atoms with Gasteiger partial charge in [-0.1, -0.05) is 25.1 Å². The highest BCUT2D eigenvalue weighted by Gasteiger charge is 2.33. The van der Waals surface area contributed by atoms with Crippen molar-refractivity contribution in [3.05, 3.63) is 42.1 Å². The molecule has 0 amide bonds. The smallest absolute Gasteiger partial charge is 0.352 e. The molecule has 1 atom stereocenters. The number of hydrogen-bond acceptors (Lipinski definition) is 4. The van der Waals surface area contributed by atoms with E-state index in [0.717, 1.165) is 12.5 Å². The number of hydrogen-bond donors (Lipinski definition) is 2. The topological polar surface area (TPSA) is 49.8 Å². The van der Waals surface area contributed by atoms with Gasteiger partial charge >= 0.3 is 6.18 Å². The number of alkyl halides is 3. The number of nitrogens with one attached hydrogen (secondary N) is 2. The molecule has 22 heavy (non-hydrogen) atoms. The summed E-state index contributed by atoms with van der Waals surface area (Å²) in [5.74, 6) is 0.0573. The molecule has 0 aliphatic heterocycles. The second kappa shape index (κ2) is 6.64. The lowest BCUT2D eigenvalue weighted by Gasteiger charge is -2.15. The van der Waals surface area contributed by atoms with Crippen LogP contribution >= 0.6 is 0 Å². The first-order chi connectivity index (χ1) is 10.4. The maximum Gasteiger partial charge on any atom is 0.433 e. The minimum Gasteiger partial charge on any atom is -0.352 e. The van der Waals surface area contributed by atoms with Crippen molar-refractivity contribution in [2.45, 2.75) is 32.5 Å². The maximum atomic E-state index is 13.0. The maximum absolute atomic E-state index is 13.0. The van der Waals surface area contributed by atoms with Crippen molar-refractivity contribution in [1.82, 2.24) is 9.97 Å². The second-order valence-corrected chi connectivity index (χ2v) is 4.90. The first kappa shape index (κ1) is 16.1. The van der Waals surface area contributed by atoms with Gasteiger partial charge in [-0.3, -0.25) is 0 Å². The predicted octanol–water partition coefficient (Wildman–Crippen LogP) is 4.45. The van der Waals surface area contributed by atoms with E-state index in [4.69, 9.17) is 0 Å². The van der Waals surface area contributed by atoms with Crippen LogP contribution in [0.15, 0.2) is 36.4 Å². The van der Waals surface area contributed by atoms with Crippen LogP contribution in [0, 0.1) is 0 Å². The van der Waals surface area contributed by atoms with Crippen molar-refractivity contribution >= 4 is 17.5 Å². The lowest BCUT2D eigenvalue weighted by atomic mass is 10.3. The molecule has 0 unspecified atom stereocenters. The van der Waals surface area contributed by atoms with Gasteiger partial charge in [0.1, 0.15) is 5.82 Å². The summed E-state index contributed by atoms with van der Waals surface area (Å²) in [5, 5.41) is 5.72. The number of para-hydroxylation sites is 1. The van der Waals surface area contributed by atoms with Crippen molar-refractivity contribution in [2.24, 2.45) is 0 Å². The van der Waals surface area contributed by atoms with Crippen LogP contribution in [0.2, 0.25) is 0 Å². The molecule has 0 fully saturated rings. The Balaban J connectivity index is 2.33. The number of aromatic nitrogens is 2. The van der Waals surface area contributed by atoms with Crippen LogP contribution < -0.4 is 10.6 Å². The molecule has 0 radical (unpaired) electrons. The van der Waals surface area contributed by atoms with E-state index >= 15 is 0 Å². The molecule has 0 aliphatic carbocycles. The summed E-state index contributed by atoms with van der Waals surface area (Å²) in [7, 11) is 0. The van der Waals surface area contributed by atoms with Gasteiger partial charge in [-0.15, -0.1) is 0 Å². The molecule has 4 nitrogen and oxygen atoms in total. The summed E-state index contributed by atoms with van der Waals surface area (Å²) in [6.07, 6.45) is -3.77. The Bertz CT molecular complexity index is 614. The molecule has 0 aliphatic rings. The van der Waals surface area contributed by atoms with E-state index < -0.39 is 11.9 Å². The number of rotatable bonds is 5. The Labute approximate surface area is 126 Å².